The van der Waals surface area contributed by atoms with E-state index in [9.17, 15) is 26.4 Å². The van der Waals surface area contributed by atoms with E-state index in [2.05, 4.69) is 4.98 Å². The SMILES string of the molecule is O=C(OCCS(=O)(=O)c1ncccc1C(F)(F)F)c1cccc(Cl)c1. The number of ether oxygens (including phenoxy) is 1. The monoisotopic (exact) mass is 393 g/mol. The van der Waals surface area contributed by atoms with Crippen LogP contribution in [0.15, 0.2) is 47.6 Å². The smallest absolute Gasteiger partial charge is 0.419 e. The van der Waals surface area contributed by atoms with E-state index < -0.39 is 44.9 Å². The zero-order chi connectivity index (χ0) is 18.7. The van der Waals surface area contributed by atoms with Gasteiger partial charge in [0.2, 0.25) is 0 Å². The Balaban J connectivity index is 2.09. The van der Waals surface area contributed by atoms with Crippen molar-refractivity contribution < 1.29 is 31.1 Å². The molecule has 0 spiro atoms. The molecule has 0 saturated carbocycles. The van der Waals surface area contributed by atoms with E-state index in [-0.39, 0.29) is 10.6 Å². The predicted molar refractivity (Wildman–Crippen MR) is 83.0 cm³/mol. The number of hydrogen-bond donors (Lipinski definition) is 0. The summed E-state index contributed by atoms with van der Waals surface area (Å²) >= 11 is 5.72. The third kappa shape index (κ3) is 4.93. The number of aromatic nitrogens is 1. The lowest BCUT2D eigenvalue weighted by Crippen LogP contribution is -2.20. The fourth-order valence-electron chi connectivity index (χ4n) is 1.89. The highest BCUT2D eigenvalue weighted by molar-refractivity contribution is 7.91. The lowest BCUT2D eigenvalue weighted by atomic mass is 10.2. The molecule has 0 N–H and O–H groups in total. The van der Waals surface area contributed by atoms with E-state index in [1.54, 1.807) is 0 Å². The van der Waals surface area contributed by atoms with Gasteiger partial charge in [0.1, 0.15) is 6.61 Å². The van der Waals surface area contributed by atoms with Gasteiger partial charge >= 0.3 is 12.1 Å². The summed E-state index contributed by atoms with van der Waals surface area (Å²) in [6.07, 6.45) is -3.92. The minimum atomic E-state index is -4.87. The van der Waals surface area contributed by atoms with Gasteiger partial charge in [-0.05, 0) is 30.3 Å². The van der Waals surface area contributed by atoms with E-state index in [1.165, 1.54) is 24.3 Å². The number of carbonyl (C=O) groups is 1. The maximum atomic E-state index is 12.9. The van der Waals surface area contributed by atoms with Gasteiger partial charge in [-0.25, -0.2) is 18.2 Å². The number of sulfone groups is 1. The molecule has 0 radical (unpaired) electrons. The third-order valence-corrected chi connectivity index (χ3v) is 4.87. The van der Waals surface area contributed by atoms with Gasteiger partial charge in [-0.1, -0.05) is 17.7 Å². The van der Waals surface area contributed by atoms with Gasteiger partial charge in [0.15, 0.2) is 14.9 Å². The van der Waals surface area contributed by atoms with E-state index in [0.29, 0.717) is 6.07 Å². The highest BCUT2D eigenvalue weighted by Crippen LogP contribution is 2.33. The number of halogens is 4. The molecule has 0 bridgehead atoms. The van der Waals surface area contributed by atoms with Crippen LogP contribution in [0.1, 0.15) is 15.9 Å². The Morgan fingerprint density at radius 1 is 1.20 bits per heavy atom. The first-order chi connectivity index (χ1) is 11.6. The molecular formula is C15H11ClF3NO4S. The second-order valence-corrected chi connectivity index (χ2v) is 7.28. The van der Waals surface area contributed by atoms with Gasteiger partial charge in [-0.15, -0.1) is 0 Å². The van der Waals surface area contributed by atoms with Crippen LogP contribution < -0.4 is 0 Å². The molecule has 1 aromatic heterocycles. The summed E-state index contributed by atoms with van der Waals surface area (Å²) in [6, 6.07) is 7.36. The molecule has 1 heterocycles. The van der Waals surface area contributed by atoms with Gasteiger partial charge in [0.25, 0.3) is 0 Å². The molecule has 0 atom stereocenters. The summed E-state index contributed by atoms with van der Waals surface area (Å²) < 4.78 is 67.6. The zero-order valence-electron chi connectivity index (χ0n) is 12.5. The normalized spacial score (nSPS) is 12.0. The number of pyridine rings is 1. The molecule has 0 unspecified atom stereocenters. The van der Waals surface area contributed by atoms with Gasteiger partial charge in [0, 0.05) is 11.2 Å². The van der Waals surface area contributed by atoms with Crippen molar-refractivity contribution in [3.05, 3.63) is 58.7 Å². The molecule has 2 aromatic rings. The van der Waals surface area contributed by atoms with Crippen molar-refractivity contribution >= 4 is 27.4 Å². The fourth-order valence-corrected chi connectivity index (χ4v) is 3.32. The summed E-state index contributed by atoms with van der Waals surface area (Å²) in [5.74, 6) is -1.67. The van der Waals surface area contributed by atoms with Crippen molar-refractivity contribution in [1.29, 1.82) is 0 Å². The molecule has 2 rings (SSSR count). The Morgan fingerprint density at radius 3 is 2.56 bits per heavy atom. The molecule has 0 amide bonds. The third-order valence-electron chi connectivity index (χ3n) is 3.02. The van der Waals surface area contributed by atoms with Crippen molar-refractivity contribution in [3.8, 4) is 0 Å². The minimum Gasteiger partial charge on any atom is -0.461 e. The molecule has 0 aliphatic rings. The Kier molecular flexibility index (Phi) is 5.69. The molecule has 1 aromatic carbocycles. The number of hydrogen-bond acceptors (Lipinski definition) is 5. The van der Waals surface area contributed by atoms with E-state index in [1.807, 2.05) is 0 Å². The number of benzene rings is 1. The first kappa shape index (κ1) is 19.2. The summed E-state index contributed by atoms with van der Waals surface area (Å²) in [5, 5.41) is -0.813. The number of rotatable bonds is 5. The molecule has 5 nitrogen and oxygen atoms in total. The van der Waals surface area contributed by atoms with Crippen LogP contribution >= 0.6 is 11.6 Å². The topological polar surface area (TPSA) is 73.3 Å². The molecule has 0 fully saturated rings. The molecular weight excluding hydrogens is 383 g/mol. The van der Waals surface area contributed by atoms with Gasteiger partial charge < -0.3 is 4.74 Å². The molecule has 0 aliphatic heterocycles. The van der Waals surface area contributed by atoms with E-state index in [4.69, 9.17) is 16.3 Å². The Labute approximate surface area is 146 Å². The largest absolute Gasteiger partial charge is 0.461 e. The second kappa shape index (κ2) is 7.40. The molecule has 134 valence electrons. The van der Waals surface area contributed by atoms with Crippen LogP contribution in [0.3, 0.4) is 0 Å². The van der Waals surface area contributed by atoms with Crippen LogP contribution in [0.4, 0.5) is 13.2 Å². The minimum absolute atomic E-state index is 0.0960. The van der Waals surface area contributed by atoms with Crippen molar-refractivity contribution in [2.45, 2.75) is 11.2 Å². The zero-order valence-corrected chi connectivity index (χ0v) is 14.0. The van der Waals surface area contributed by atoms with Crippen LogP contribution in [-0.4, -0.2) is 31.7 Å². The van der Waals surface area contributed by atoms with Crippen LogP contribution in [0.25, 0.3) is 0 Å². The number of alkyl halides is 3. The summed E-state index contributed by atoms with van der Waals surface area (Å²) in [7, 11) is -4.39. The number of carbonyl (C=O) groups excluding carboxylic acids is 1. The summed E-state index contributed by atoms with van der Waals surface area (Å²) in [5.41, 5.74) is -1.27. The first-order valence-electron chi connectivity index (χ1n) is 6.79. The van der Waals surface area contributed by atoms with Crippen molar-refractivity contribution in [2.75, 3.05) is 12.4 Å². The maximum Gasteiger partial charge on any atom is 0.419 e. The average molecular weight is 394 g/mol. The highest BCUT2D eigenvalue weighted by Gasteiger charge is 2.38. The quantitative estimate of drug-likeness (QED) is 0.728. The van der Waals surface area contributed by atoms with E-state index in [0.717, 1.165) is 12.3 Å². The number of esters is 1. The molecule has 0 aliphatic carbocycles. The molecule has 0 saturated heterocycles. The van der Waals surface area contributed by atoms with Crippen molar-refractivity contribution in [1.82, 2.24) is 4.98 Å². The van der Waals surface area contributed by atoms with Crippen LogP contribution in [0.5, 0.6) is 0 Å². The van der Waals surface area contributed by atoms with Crippen LogP contribution in [0, 0.1) is 0 Å². The van der Waals surface area contributed by atoms with Crippen molar-refractivity contribution in [3.63, 3.8) is 0 Å². The molecule has 25 heavy (non-hydrogen) atoms. The van der Waals surface area contributed by atoms with Crippen LogP contribution in [0.2, 0.25) is 5.02 Å². The lowest BCUT2D eigenvalue weighted by Gasteiger charge is -2.12. The standard InChI is InChI=1S/C15H11ClF3NO4S/c16-11-4-1-3-10(9-11)14(21)24-7-8-25(22,23)13-12(15(17,18)19)5-2-6-20-13/h1-6,9H,7-8H2. The summed E-state index contributed by atoms with van der Waals surface area (Å²) in [6.45, 7) is -0.623. The molecule has 10 heteroatoms. The van der Waals surface area contributed by atoms with Gasteiger partial charge in [-0.2, -0.15) is 13.2 Å². The first-order valence-corrected chi connectivity index (χ1v) is 8.82. The fraction of sp³-hybridized carbons (Fsp3) is 0.200. The van der Waals surface area contributed by atoms with Crippen LogP contribution in [-0.2, 0) is 20.8 Å². The Morgan fingerprint density at radius 2 is 1.92 bits per heavy atom. The second-order valence-electron chi connectivity index (χ2n) is 4.82. The lowest BCUT2D eigenvalue weighted by molar-refractivity contribution is -0.140. The Bertz CT molecular complexity index is 884. The van der Waals surface area contributed by atoms with Gasteiger partial charge in [0.05, 0.1) is 16.9 Å². The summed E-state index contributed by atoms with van der Waals surface area (Å²) in [4.78, 5) is 15.1. The number of nitrogens with zero attached hydrogens (tertiary/aromatic N) is 1. The predicted octanol–water partition coefficient (Wildman–Crippen LogP) is 3.38. The average Bonchev–Trinajstić information content (AvgIpc) is 2.54. The van der Waals surface area contributed by atoms with Gasteiger partial charge in [-0.3, -0.25) is 0 Å². The van der Waals surface area contributed by atoms with Crippen molar-refractivity contribution in [2.24, 2.45) is 0 Å². The maximum absolute atomic E-state index is 12.9. The van der Waals surface area contributed by atoms with E-state index >= 15 is 0 Å². The highest BCUT2D eigenvalue weighted by atomic mass is 35.5. The Hall–Kier alpha value is -2.13.